The number of amides is 3. The van der Waals surface area contributed by atoms with Crippen molar-refractivity contribution in [2.24, 2.45) is 0 Å². The molecule has 2 aliphatic heterocycles. The molecule has 3 rings (SSSR count). The highest BCUT2D eigenvalue weighted by molar-refractivity contribution is 6.02. The van der Waals surface area contributed by atoms with Gasteiger partial charge in [0, 0.05) is 32.0 Å². The van der Waals surface area contributed by atoms with Gasteiger partial charge in [0.05, 0.1) is 12.6 Å². The van der Waals surface area contributed by atoms with E-state index in [9.17, 15) is 9.59 Å². The number of likely N-dealkylation sites (tertiary alicyclic amines) is 1. The lowest BCUT2D eigenvalue weighted by atomic mass is 10.2. The highest BCUT2D eigenvalue weighted by atomic mass is 16.2. The zero-order valence-electron chi connectivity index (χ0n) is 10.6. The number of nitrogens with zero attached hydrogens (tertiary/aromatic N) is 3. The van der Waals surface area contributed by atoms with Crippen LogP contribution in [0.2, 0.25) is 0 Å². The molecule has 1 atom stereocenters. The van der Waals surface area contributed by atoms with Crippen molar-refractivity contribution in [2.75, 3.05) is 19.6 Å². The van der Waals surface area contributed by atoms with Crippen molar-refractivity contribution in [3.63, 3.8) is 0 Å². The maximum absolute atomic E-state index is 11.7. The van der Waals surface area contributed by atoms with Gasteiger partial charge in [0.2, 0.25) is 5.91 Å². The molecule has 2 aliphatic rings. The van der Waals surface area contributed by atoms with E-state index < -0.39 is 0 Å². The predicted octanol–water partition coefficient (Wildman–Crippen LogP) is 0.208. The molecule has 19 heavy (non-hydrogen) atoms. The normalized spacial score (nSPS) is 24.0. The van der Waals surface area contributed by atoms with Crippen LogP contribution in [0, 0.1) is 0 Å². The summed E-state index contributed by atoms with van der Waals surface area (Å²) in [5, 5.41) is 2.57. The quantitative estimate of drug-likeness (QED) is 0.789. The third-order valence-electron chi connectivity index (χ3n) is 3.65. The molecule has 100 valence electrons. The maximum atomic E-state index is 11.7. The Kier molecular flexibility index (Phi) is 3.16. The number of pyridine rings is 1. The Labute approximate surface area is 111 Å². The van der Waals surface area contributed by atoms with Crippen LogP contribution in [-0.2, 0) is 11.3 Å². The molecule has 0 radical (unpaired) electrons. The molecule has 1 aromatic heterocycles. The van der Waals surface area contributed by atoms with Gasteiger partial charge in [0.1, 0.15) is 0 Å². The molecule has 0 spiro atoms. The second kappa shape index (κ2) is 4.97. The summed E-state index contributed by atoms with van der Waals surface area (Å²) in [6.07, 6.45) is 4.41. The average Bonchev–Trinajstić information content (AvgIpc) is 2.98. The Hall–Kier alpha value is -1.95. The fourth-order valence-electron chi connectivity index (χ4n) is 2.72. The van der Waals surface area contributed by atoms with Gasteiger partial charge in [-0.3, -0.25) is 19.6 Å². The Morgan fingerprint density at radius 3 is 2.79 bits per heavy atom. The molecule has 2 fully saturated rings. The molecule has 3 heterocycles. The van der Waals surface area contributed by atoms with Crippen molar-refractivity contribution in [1.82, 2.24) is 20.1 Å². The van der Waals surface area contributed by atoms with Crippen molar-refractivity contribution in [3.8, 4) is 0 Å². The minimum absolute atomic E-state index is 0.0110. The number of urea groups is 1. The van der Waals surface area contributed by atoms with E-state index in [1.807, 2.05) is 12.1 Å². The van der Waals surface area contributed by atoms with E-state index >= 15 is 0 Å². The van der Waals surface area contributed by atoms with Crippen LogP contribution in [0.15, 0.2) is 24.5 Å². The van der Waals surface area contributed by atoms with E-state index in [-0.39, 0.29) is 24.5 Å². The van der Waals surface area contributed by atoms with Gasteiger partial charge in [0.15, 0.2) is 0 Å². The minimum Gasteiger partial charge on any atom is -0.329 e. The summed E-state index contributed by atoms with van der Waals surface area (Å²) in [6, 6.07) is 3.74. The Balaban J connectivity index is 1.61. The Morgan fingerprint density at radius 1 is 1.32 bits per heavy atom. The number of aromatic nitrogens is 1. The van der Waals surface area contributed by atoms with Crippen LogP contribution in [-0.4, -0.2) is 52.4 Å². The predicted molar refractivity (Wildman–Crippen MR) is 68.2 cm³/mol. The molecular weight excluding hydrogens is 244 g/mol. The first-order chi connectivity index (χ1) is 9.24. The fraction of sp³-hybridized carbons (Fsp3) is 0.462. The highest BCUT2D eigenvalue weighted by Crippen LogP contribution is 2.19. The van der Waals surface area contributed by atoms with Crippen LogP contribution in [0.4, 0.5) is 4.79 Å². The van der Waals surface area contributed by atoms with E-state index in [4.69, 9.17) is 0 Å². The molecular formula is C13H16N4O2. The van der Waals surface area contributed by atoms with Crippen molar-refractivity contribution in [3.05, 3.63) is 30.1 Å². The molecule has 3 amide bonds. The number of rotatable bonds is 3. The summed E-state index contributed by atoms with van der Waals surface area (Å²) in [5.41, 5.74) is 1.20. The Morgan fingerprint density at radius 2 is 2.11 bits per heavy atom. The number of carbonyl (C=O) groups is 2. The van der Waals surface area contributed by atoms with Gasteiger partial charge in [-0.25, -0.2) is 4.79 Å². The monoisotopic (exact) mass is 260 g/mol. The lowest BCUT2D eigenvalue weighted by Crippen LogP contribution is -2.42. The number of hydrogen-bond donors (Lipinski definition) is 1. The van der Waals surface area contributed by atoms with Crippen molar-refractivity contribution < 1.29 is 9.59 Å². The first-order valence-electron chi connectivity index (χ1n) is 6.45. The summed E-state index contributed by atoms with van der Waals surface area (Å²) in [4.78, 5) is 30.9. The number of hydrogen-bond acceptors (Lipinski definition) is 4. The molecule has 0 aromatic carbocycles. The SMILES string of the molecule is O=C1CNC(=O)N1C1CCN(Cc2ccncc2)C1. The van der Waals surface area contributed by atoms with Crippen LogP contribution < -0.4 is 5.32 Å². The van der Waals surface area contributed by atoms with Crippen LogP contribution in [0.1, 0.15) is 12.0 Å². The summed E-state index contributed by atoms with van der Waals surface area (Å²) >= 11 is 0. The first kappa shape index (κ1) is 12.1. The van der Waals surface area contributed by atoms with Gasteiger partial charge >= 0.3 is 6.03 Å². The Bertz CT molecular complexity index is 475. The van der Waals surface area contributed by atoms with Crippen molar-refractivity contribution >= 4 is 11.9 Å². The summed E-state index contributed by atoms with van der Waals surface area (Å²) in [5.74, 6) is -0.110. The molecule has 2 saturated heterocycles. The molecule has 0 aliphatic carbocycles. The van der Waals surface area contributed by atoms with Gasteiger partial charge < -0.3 is 5.32 Å². The van der Waals surface area contributed by atoms with Gasteiger partial charge in [-0.05, 0) is 24.1 Å². The fourth-order valence-corrected chi connectivity index (χ4v) is 2.72. The second-order valence-electron chi connectivity index (χ2n) is 4.96. The van der Waals surface area contributed by atoms with E-state index in [0.29, 0.717) is 0 Å². The minimum atomic E-state index is -0.249. The first-order valence-corrected chi connectivity index (χ1v) is 6.45. The van der Waals surface area contributed by atoms with Gasteiger partial charge in [-0.1, -0.05) is 0 Å². The van der Waals surface area contributed by atoms with Crippen LogP contribution in [0.5, 0.6) is 0 Å². The second-order valence-corrected chi connectivity index (χ2v) is 4.96. The summed E-state index contributed by atoms with van der Waals surface area (Å²) < 4.78 is 0. The van der Waals surface area contributed by atoms with Crippen LogP contribution >= 0.6 is 0 Å². The molecule has 0 saturated carbocycles. The van der Waals surface area contributed by atoms with Gasteiger partial charge in [-0.15, -0.1) is 0 Å². The lowest BCUT2D eigenvalue weighted by Gasteiger charge is -2.21. The topological polar surface area (TPSA) is 65.5 Å². The molecule has 1 N–H and O–H groups in total. The molecule has 1 unspecified atom stereocenters. The van der Waals surface area contributed by atoms with Gasteiger partial charge in [0.25, 0.3) is 0 Å². The van der Waals surface area contributed by atoms with E-state index in [2.05, 4.69) is 15.2 Å². The zero-order valence-corrected chi connectivity index (χ0v) is 10.6. The lowest BCUT2D eigenvalue weighted by molar-refractivity contribution is -0.126. The van der Waals surface area contributed by atoms with E-state index in [0.717, 1.165) is 26.1 Å². The molecule has 1 aromatic rings. The third-order valence-corrected chi connectivity index (χ3v) is 3.65. The third kappa shape index (κ3) is 2.44. The molecule has 6 nitrogen and oxygen atoms in total. The number of imide groups is 1. The van der Waals surface area contributed by atoms with Crippen molar-refractivity contribution in [1.29, 1.82) is 0 Å². The zero-order chi connectivity index (χ0) is 13.2. The van der Waals surface area contributed by atoms with Crippen LogP contribution in [0.25, 0.3) is 0 Å². The average molecular weight is 260 g/mol. The van der Waals surface area contributed by atoms with E-state index in [1.165, 1.54) is 10.5 Å². The van der Waals surface area contributed by atoms with Crippen molar-refractivity contribution in [2.45, 2.75) is 19.0 Å². The smallest absolute Gasteiger partial charge is 0.324 e. The molecule has 0 bridgehead atoms. The number of nitrogens with one attached hydrogen (secondary N) is 1. The van der Waals surface area contributed by atoms with E-state index in [1.54, 1.807) is 12.4 Å². The largest absolute Gasteiger partial charge is 0.329 e. The van der Waals surface area contributed by atoms with Gasteiger partial charge in [-0.2, -0.15) is 0 Å². The number of carbonyl (C=O) groups excluding carboxylic acids is 2. The summed E-state index contributed by atoms with van der Waals surface area (Å²) in [6.45, 7) is 2.63. The van der Waals surface area contributed by atoms with Crippen LogP contribution in [0.3, 0.4) is 0 Å². The highest BCUT2D eigenvalue weighted by Gasteiger charge is 2.38. The maximum Gasteiger partial charge on any atom is 0.324 e. The standard InChI is InChI=1S/C13H16N4O2/c18-12-7-15-13(19)17(12)11-3-6-16(9-11)8-10-1-4-14-5-2-10/h1-2,4-5,11H,3,6-9H2,(H,15,19). The summed E-state index contributed by atoms with van der Waals surface area (Å²) in [7, 11) is 0. The molecule has 6 heteroatoms.